The summed E-state index contributed by atoms with van der Waals surface area (Å²) < 4.78 is 27.4. The van der Waals surface area contributed by atoms with Crippen molar-refractivity contribution < 1.29 is 13.2 Å². The molecular formula is C19H21N3O3S. The van der Waals surface area contributed by atoms with Gasteiger partial charge in [0.1, 0.15) is 0 Å². The Bertz CT molecular complexity index is 1040. The largest absolute Gasteiger partial charge is 0.350 e. The van der Waals surface area contributed by atoms with Gasteiger partial charge < -0.3 is 9.88 Å². The highest BCUT2D eigenvalue weighted by atomic mass is 32.2. The molecule has 136 valence electrons. The lowest BCUT2D eigenvalue weighted by molar-refractivity contribution is 0.0952. The predicted octanol–water partition coefficient (Wildman–Crippen LogP) is 2.16. The van der Waals surface area contributed by atoms with Crippen molar-refractivity contribution in [2.75, 3.05) is 7.05 Å². The van der Waals surface area contributed by atoms with E-state index < -0.39 is 10.0 Å². The first-order valence-electron chi connectivity index (χ1n) is 8.21. The maximum atomic E-state index is 12.5. The molecule has 0 saturated heterocycles. The molecule has 1 amide bonds. The second-order valence-corrected chi connectivity index (χ2v) is 8.06. The Hall–Kier alpha value is -2.64. The van der Waals surface area contributed by atoms with E-state index in [1.165, 1.54) is 7.05 Å². The van der Waals surface area contributed by atoms with Gasteiger partial charge in [-0.05, 0) is 24.2 Å². The average molecular weight is 371 g/mol. The maximum Gasteiger partial charge on any atom is 0.253 e. The molecule has 0 aliphatic carbocycles. The minimum Gasteiger partial charge on any atom is -0.350 e. The van der Waals surface area contributed by atoms with Crippen molar-refractivity contribution in [3.63, 3.8) is 0 Å². The zero-order chi connectivity index (χ0) is 18.7. The smallest absolute Gasteiger partial charge is 0.253 e. The Kier molecular flexibility index (Phi) is 5.11. The second kappa shape index (κ2) is 7.31. The summed E-state index contributed by atoms with van der Waals surface area (Å²) in [5.41, 5.74) is 3.25. The highest BCUT2D eigenvalue weighted by Gasteiger charge is 2.13. The number of rotatable bonds is 6. The molecule has 6 nitrogen and oxygen atoms in total. The molecule has 2 N–H and O–H groups in total. The molecule has 1 aromatic heterocycles. The molecule has 0 aliphatic rings. The lowest BCUT2D eigenvalue weighted by Crippen LogP contribution is -2.22. The van der Waals surface area contributed by atoms with Gasteiger partial charge in [-0.3, -0.25) is 4.79 Å². The quantitative estimate of drug-likeness (QED) is 0.697. The summed E-state index contributed by atoms with van der Waals surface area (Å²) in [6.07, 6.45) is 1.83. The number of benzene rings is 2. The van der Waals surface area contributed by atoms with E-state index in [-0.39, 0.29) is 11.7 Å². The first-order valence-corrected chi connectivity index (χ1v) is 9.86. The van der Waals surface area contributed by atoms with Crippen molar-refractivity contribution >= 4 is 26.8 Å². The summed E-state index contributed by atoms with van der Waals surface area (Å²) in [6.45, 7) is 0.376. The number of nitrogens with zero attached hydrogens (tertiary/aromatic N) is 1. The van der Waals surface area contributed by atoms with Crippen LogP contribution in [0.5, 0.6) is 0 Å². The van der Waals surface area contributed by atoms with Gasteiger partial charge in [-0.15, -0.1) is 0 Å². The van der Waals surface area contributed by atoms with Gasteiger partial charge in [0.25, 0.3) is 5.91 Å². The van der Waals surface area contributed by atoms with Crippen molar-refractivity contribution in [3.05, 3.63) is 71.4 Å². The molecule has 0 saturated carbocycles. The SMILES string of the molecule is CNS(=O)(=O)Cc1ccc(CNC(=O)c2cn(C)c3ccccc23)cc1. The third-order valence-electron chi connectivity index (χ3n) is 4.29. The Morgan fingerprint density at radius 1 is 1.04 bits per heavy atom. The van der Waals surface area contributed by atoms with Crippen LogP contribution in [-0.4, -0.2) is 25.9 Å². The maximum absolute atomic E-state index is 12.5. The van der Waals surface area contributed by atoms with Crippen LogP contribution in [0.1, 0.15) is 21.5 Å². The third-order valence-corrected chi connectivity index (χ3v) is 5.62. The van der Waals surface area contributed by atoms with E-state index in [2.05, 4.69) is 10.0 Å². The van der Waals surface area contributed by atoms with Crippen LogP contribution < -0.4 is 10.0 Å². The molecule has 26 heavy (non-hydrogen) atoms. The summed E-state index contributed by atoms with van der Waals surface area (Å²) in [5, 5.41) is 3.83. The molecule has 1 heterocycles. The van der Waals surface area contributed by atoms with E-state index >= 15 is 0 Å². The number of amides is 1. The Morgan fingerprint density at radius 3 is 2.38 bits per heavy atom. The number of aromatic nitrogens is 1. The number of sulfonamides is 1. The molecular weight excluding hydrogens is 350 g/mol. The van der Waals surface area contributed by atoms with Gasteiger partial charge in [-0.25, -0.2) is 13.1 Å². The van der Waals surface area contributed by atoms with Crippen molar-refractivity contribution in [3.8, 4) is 0 Å². The fraction of sp³-hybridized carbons (Fsp3) is 0.211. The van der Waals surface area contributed by atoms with Crippen LogP contribution in [0.3, 0.4) is 0 Å². The first-order chi connectivity index (χ1) is 12.4. The van der Waals surface area contributed by atoms with Crippen LogP contribution in [0.2, 0.25) is 0 Å². The standard InChI is InChI=1S/C19H21N3O3S/c1-20-26(24,25)13-15-9-7-14(8-10-15)11-21-19(23)17-12-22(2)18-6-4-3-5-16(17)18/h3-10,12,20H,11,13H2,1-2H3,(H,21,23). The molecule has 0 aliphatic heterocycles. The fourth-order valence-electron chi connectivity index (χ4n) is 2.85. The highest BCUT2D eigenvalue weighted by molar-refractivity contribution is 7.88. The van der Waals surface area contributed by atoms with E-state index in [0.717, 1.165) is 16.5 Å². The zero-order valence-corrected chi connectivity index (χ0v) is 15.5. The molecule has 0 bridgehead atoms. The van der Waals surface area contributed by atoms with Crippen molar-refractivity contribution in [1.82, 2.24) is 14.6 Å². The van der Waals surface area contributed by atoms with Crippen molar-refractivity contribution in [1.29, 1.82) is 0 Å². The molecule has 0 unspecified atom stereocenters. The van der Waals surface area contributed by atoms with Crippen LogP contribution >= 0.6 is 0 Å². The van der Waals surface area contributed by atoms with E-state index in [0.29, 0.717) is 17.7 Å². The molecule has 0 spiro atoms. The van der Waals surface area contributed by atoms with Crippen LogP contribution in [0.4, 0.5) is 0 Å². The minimum atomic E-state index is -3.29. The predicted molar refractivity (Wildman–Crippen MR) is 102 cm³/mol. The molecule has 2 aromatic carbocycles. The van der Waals surface area contributed by atoms with Gasteiger partial charge in [-0.1, -0.05) is 42.5 Å². The second-order valence-electron chi connectivity index (χ2n) is 6.13. The molecule has 0 atom stereocenters. The molecule has 3 rings (SSSR count). The normalized spacial score (nSPS) is 11.6. The van der Waals surface area contributed by atoms with Gasteiger partial charge in [0.15, 0.2) is 0 Å². The van der Waals surface area contributed by atoms with Crippen LogP contribution in [0.25, 0.3) is 10.9 Å². The summed E-state index contributed by atoms with van der Waals surface area (Å²) >= 11 is 0. The third kappa shape index (κ3) is 3.95. The average Bonchev–Trinajstić information content (AvgIpc) is 2.98. The fourth-order valence-corrected chi connectivity index (χ4v) is 3.62. The molecule has 7 heteroatoms. The van der Waals surface area contributed by atoms with E-state index in [1.807, 2.05) is 54.2 Å². The van der Waals surface area contributed by atoms with Crippen LogP contribution in [-0.2, 0) is 29.4 Å². The minimum absolute atomic E-state index is 0.0633. The van der Waals surface area contributed by atoms with E-state index in [4.69, 9.17) is 0 Å². The topological polar surface area (TPSA) is 80.2 Å². The van der Waals surface area contributed by atoms with E-state index in [9.17, 15) is 13.2 Å². The van der Waals surface area contributed by atoms with Gasteiger partial charge in [0.2, 0.25) is 10.0 Å². The number of hydrogen-bond acceptors (Lipinski definition) is 3. The molecule has 0 fully saturated rings. The summed E-state index contributed by atoms with van der Waals surface area (Å²) in [7, 11) is 0.0214. The number of aryl methyl sites for hydroxylation is 1. The Labute approximate surface area is 152 Å². The van der Waals surface area contributed by atoms with Crippen LogP contribution in [0, 0.1) is 0 Å². The number of fused-ring (bicyclic) bond motifs is 1. The lowest BCUT2D eigenvalue weighted by Gasteiger charge is -2.07. The highest BCUT2D eigenvalue weighted by Crippen LogP contribution is 2.20. The zero-order valence-electron chi connectivity index (χ0n) is 14.7. The number of para-hydroxylation sites is 1. The summed E-state index contributed by atoms with van der Waals surface area (Å²) in [4.78, 5) is 12.5. The van der Waals surface area contributed by atoms with Gasteiger partial charge >= 0.3 is 0 Å². The van der Waals surface area contributed by atoms with Crippen LogP contribution in [0.15, 0.2) is 54.7 Å². The van der Waals surface area contributed by atoms with Gasteiger partial charge in [0.05, 0.1) is 11.3 Å². The van der Waals surface area contributed by atoms with Gasteiger partial charge in [-0.2, -0.15) is 0 Å². The number of nitrogens with one attached hydrogen (secondary N) is 2. The molecule has 3 aromatic rings. The van der Waals surface area contributed by atoms with Crippen molar-refractivity contribution in [2.24, 2.45) is 7.05 Å². The summed E-state index contributed by atoms with van der Waals surface area (Å²) in [5.74, 6) is -0.199. The number of carbonyl (C=O) groups excluding carboxylic acids is 1. The Morgan fingerprint density at radius 2 is 1.69 bits per heavy atom. The van der Waals surface area contributed by atoms with E-state index in [1.54, 1.807) is 12.1 Å². The first kappa shape index (κ1) is 18.2. The molecule has 0 radical (unpaired) electrons. The monoisotopic (exact) mass is 371 g/mol. The Balaban J connectivity index is 1.68. The summed E-state index contributed by atoms with van der Waals surface area (Å²) in [6, 6.07) is 14.9. The lowest BCUT2D eigenvalue weighted by atomic mass is 10.1. The van der Waals surface area contributed by atoms with Gasteiger partial charge in [0, 0.05) is 30.7 Å². The number of hydrogen-bond donors (Lipinski definition) is 2. The van der Waals surface area contributed by atoms with Crippen molar-refractivity contribution in [2.45, 2.75) is 12.3 Å². The number of carbonyl (C=O) groups is 1.